The normalized spacial score (nSPS) is 9.53. The molecule has 0 bridgehead atoms. The van der Waals surface area contributed by atoms with Crippen LogP contribution in [0.2, 0.25) is 0 Å². The SMILES string of the molecule is C#CCN(CC(=O)O)C(=O)Nc1cc(C)cc(F)c1. The number of carboxylic acid groups (broad SMARTS) is 1. The fourth-order valence-electron chi connectivity index (χ4n) is 1.48. The van der Waals surface area contributed by atoms with Crippen LogP contribution in [0.1, 0.15) is 5.56 Å². The van der Waals surface area contributed by atoms with Gasteiger partial charge in [-0.1, -0.05) is 5.92 Å². The van der Waals surface area contributed by atoms with Crippen molar-refractivity contribution >= 4 is 17.7 Å². The Balaban J connectivity index is 2.81. The van der Waals surface area contributed by atoms with Gasteiger partial charge in [-0.3, -0.25) is 4.79 Å². The van der Waals surface area contributed by atoms with Gasteiger partial charge in [-0.25, -0.2) is 9.18 Å². The molecule has 0 atom stereocenters. The zero-order chi connectivity index (χ0) is 14.4. The number of carbonyl (C=O) groups is 2. The maximum Gasteiger partial charge on any atom is 0.323 e. The molecule has 0 saturated carbocycles. The van der Waals surface area contributed by atoms with Crippen LogP contribution in [-0.2, 0) is 4.79 Å². The fourth-order valence-corrected chi connectivity index (χ4v) is 1.48. The number of aryl methyl sites for hydroxylation is 1. The maximum atomic E-state index is 13.1. The van der Waals surface area contributed by atoms with Crippen LogP contribution in [0.3, 0.4) is 0 Å². The minimum absolute atomic E-state index is 0.146. The third kappa shape index (κ3) is 4.68. The van der Waals surface area contributed by atoms with Crippen molar-refractivity contribution < 1.29 is 19.1 Å². The highest BCUT2D eigenvalue weighted by atomic mass is 19.1. The molecule has 0 radical (unpaired) electrons. The highest BCUT2D eigenvalue weighted by Gasteiger charge is 2.16. The number of benzene rings is 1. The first-order valence-corrected chi connectivity index (χ1v) is 5.40. The quantitative estimate of drug-likeness (QED) is 0.813. The second-order valence-corrected chi connectivity index (χ2v) is 3.90. The number of aliphatic carboxylic acids is 1. The molecule has 0 heterocycles. The Morgan fingerprint density at radius 2 is 2.16 bits per heavy atom. The highest BCUT2D eigenvalue weighted by molar-refractivity contribution is 5.91. The van der Waals surface area contributed by atoms with Gasteiger partial charge in [0.15, 0.2) is 0 Å². The van der Waals surface area contributed by atoms with E-state index < -0.39 is 24.4 Å². The minimum atomic E-state index is -1.18. The predicted octanol–water partition coefficient (Wildman–Crippen LogP) is 1.69. The third-order valence-corrected chi connectivity index (χ3v) is 2.19. The largest absolute Gasteiger partial charge is 0.480 e. The zero-order valence-corrected chi connectivity index (χ0v) is 10.3. The van der Waals surface area contributed by atoms with E-state index in [2.05, 4.69) is 11.2 Å². The molecule has 0 unspecified atom stereocenters. The molecule has 0 aliphatic rings. The summed E-state index contributed by atoms with van der Waals surface area (Å²) in [5.41, 5.74) is 0.881. The molecule has 1 aromatic rings. The van der Waals surface area contributed by atoms with Gasteiger partial charge in [-0.2, -0.15) is 0 Å². The van der Waals surface area contributed by atoms with E-state index in [4.69, 9.17) is 11.5 Å². The topological polar surface area (TPSA) is 69.6 Å². The number of halogens is 1. The zero-order valence-electron chi connectivity index (χ0n) is 10.3. The van der Waals surface area contributed by atoms with E-state index in [1.54, 1.807) is 13.0 Å². The number of terminal acetylenes is 1. The average molecular weight is 264 g/mol. The molecule has 1 rings (SSSR count). The standard InChI is InChI=1S/C13H13FN2O3/c1-3-4-16(8-12(17)18)13(19)15-11-6-9(2)5-10(14)7-11/h1,5-7H,4,8H2,2H3,(H,15,19)(H,17,18). The van der Waals surface area contributed by atoms with Crippen LogP contribution < -0.4 is 5.32 Å². The summed E-state index contributed by atoms with van der Waals surface area (Å²) in [5, 5.41) is 11.1. The molecule has 0 fully saturated rings. The molecule has 100 valence electrons. The van der Waals surface area contributed by atoms with Crippen molar-refractivity contribution in [2.24, 2.45) is 0 Å². The second kappa shape index (κ2) is 6.40. The number of amides is 2. The summed E-state index contributed by atoms with van der Waals surface area (Å²) in [6.45, 7) is 1.01. The molecule has 0 aromatic heterocycles. The van der Waals surface area contributed by atoms with Crippen LogP contribution >= 0.6 is 0 Å². The lowest BCUT2D eigenvalue weighted by Crippen LogP contribution is -2.39. The van der Waals surface area contributed by atoms with E-state index in [0.29, 0.717) is 5.56 Å². The summed E-state index contributed by atoms with van der Waals surface area (Å²) < 4.78 is 13.1. The molecule has 5 nitrogen and oxygen atoms in total. The second-order valence-electron chi connectivity index (χ2n) is 3.90. The van der Waals surface area contributed by atoms with E-state index in [9.17, 15) is 14.0 Å². The summed E-state index contributed by atoms with van der Waals surface area (Å²) in [6, 6.07) is 3.33. The van der Waals surface area contributed by atoms with Crippen molar-refractivity contribution in [2.75, 3.05) is 18.4 Å². The number of nitrogens with one attached hydrogen (secondary N) is 1. The molecule has 0 spiro atoms. The van der Waals surface area contributed by atoms with E-state index in [1.807, 2.05) is 0 Å². The Bertz CT molecular complexity index is 517. The van der Waals surface area contributed by atoms with E-state index in [1.165, 1.54) is 6.07 Å². The molecular weight excluding hydrogens is 251 g/mol. The Morgan fingerprint density at radius 1 is 1.47 bits per heavy atom. The summed E-state index contributed by atoms with van der Waals surface area (Å²) >= 11 is 0. The van der Waals surface area contributed by atoms with E-state index >= 15 is 0 Å². The van der Waals surface area contributed by atoms with Crippen LogP contribution in [0.25, 0.3) is 0 Å². The van der Waals surface area contributed by atoms with Crippen molar-refractivity contribution in [2.45, 2.75) is 6.92 Å². The van der Waals surface area contributed by atoms with E-state index in [0.717, 1.165) is 11.0 Å². The maximum absolute atomic E-state index is 13.1. The van der Waals surface area contributed by atoms with Crippen molar-refractivity contribution in [3.63, 3.8) is 0 Å². The fraction of sp³-hybridized carbons (Fsp3) is 0.231. The van der Waals surface area contributed by atoms with Crippen LogP contribution in [-0.4, -0.2) is 35.1 Å². The molecule has 0 aliphatic carbocycles. The van der Waals surface area contributed by atoms with Crippen molar-refractivity contribution in [1.82, 2.24) is 4.90 Å². The monoisotopic (exact) mass is 264 g/mol. The van der Waals surface area contributed by atoms with Crippen LogP contribution in [0.4, 0.5) is 14.9 Å². The van der Waals surface area contributed by atoms with Crippen LogP contribution in [0.15, 0.2) is 18.2 Å². The number of anilines is 1. The summed E-state index contributed by atoms with van der Waals surface area (Å²) in [5.74, 6) is 0.522. The van der Waals surface area contributed by atoms with Crippen LogP contribution in [0, 0.1) is 25.1 Å². The number of carboxylic acids is 1. The third-order valence-electron chi connectivity index (χ3n) is 2.19. The van der Waals surface area contributed by atoms with Crippen LogP contribution in [0.5, 0.6) is 0 Å². The smallest absolute Gasteiger partial charge is 0.323 e. The van der Waals surface area contributed by atoms with Crippen molar-refractivity contribution in [1.29, 1.82) is 0 Å². The van der Waals surface area contributed by atoms with Gasteiger partial charge >= 0.3 is 12.0 Å². The van der Waals surface area contributed by atoms with Crippen molar-refractivity contribution in [3.05, 3.63) is 29.6 Å². The number of urea groups is 1. The minimum Gasteiger partial charge on any atom is -0.480 e. The summed E-state index contributed by atoms with van der Waals surface area (Å²) in [7, 11) is 0. The Labute approximate surface area is 110 Å². The lowest BCUT2D eigenvalue weighted by molar-refractivity contribution is -0.137. The molecule has 0 aliphatic heterocycles. The van der Waals surface area contributed by atoms with Gasteiger partial charge in [-0.05, 0) is 30.7 Å². The molecule has 6 heteroatoms. The molecule has 0 saturated heterocycles. The number of hydrogen-bond acceptors (Lipinski definition) is 2. The van der Waals surface area contributed by atoms with Gasteiger partial charge in [0.2, 0.25) is 0 Å². The molecule has 1 aromatic carbocycles. The van der Waals surface area contributed by atoms with Gasteiger partial charge in [-0.15, -0.1) is 6.42 Å². The summed E-state index contributed by atoms with van der Waals surface area (Å²) in [6.07, 6.45) is 5.06. The first-order chi connectivity index (χ1) is 8.92. The number of hydrogen-bond donors (Lipinski definition) is 2. The first-order valence-electron chi connectivity index (χ1n) is 5.40. The highest BCUT2D eigenvalue weighted by Crippen LogP contribution is 2.13. The molecule has 2 amide bonds. The summed E-state index contributed by atoms with van der Waals surface area (Å²) in [4.78, 5) is 23.3. The van der Waals surface area contributed by atoms with Gasteiger partial charge in [0.1, 0.15) is 12.4 Å². The lowest BCUT2D eigenvalue weighted by atomic mass is 10.2. The van der Waals surface area contributed by atoms with Crippen molar-refractivity contribution in [3.8, 4) is 12.3 Å². The molecule has 19 heavy (non-hydrogen) atoms. The molecular formula is C13H13FN2O3. The van der Waals surface area contributed by atoms with Gasteiger partial charge in [0.25, 0.3) is 0 Å². The number of rotatable bonds is 4. The Kier molecular flexibility index (Phi) is 4.89. The Hall–Kier alpha value is -2.55. The van der Waals surface area contributed by atoms with Gasteiger partial charge in [0, 0.05) is 5.69 Å². The van der Waals surface area contributed by atoms with E-state index in [-0.39, 0.29) is 12.2 Å². The Morgan fingerprint density at radius 3 is 2.68 bits per heavy atom. The van der Waals surface area contributed by atoms with Gasteiger partial charge in [0.05, 0.1) is 6.54 Å². The number of carbonyl (C=O) groups excluding carboxylic acids is 1. The average Bonchev–Trinajstić information content (AvgIpc) is 2.26. The lowest BCUT2D eigenvalue weighted by Gasteiger charge is -2.18. The first kappa shape index (κ1) is 14.5. The van der Waals surface area contributed by atoms with Gasteiger partial charge < -0.3 is 15.3 Å². The predicted molar refractivity (Wildman–Crippen MR) is 68.2 cm³/mol. The number of nitrogens with zero attached hydrogens (tertiary/aromatic N) is 1. The molecule has 2 N–H and O–H groups in total.